The third kappa shape index (κ3) is 7.19. The Bertz CT molecular complexity index is 1060. The van der Waals surface area contributed by atoms with E-state index in [1.165, 1.54) is 16.7 Å². The van der Waals surface area contributed by atoms with Gasteiger partial charge in [0.1, 0.15) is 0 Å². The fourth-order valence-corrected chi connectivity index (χ4v) is 3.26. The van der Waals surface area contributed by atoms with Crippen molar-refractivity contribution >= 4 is 17.6 Å². The van der Waals surface area contributed by atoms with Crippen molar-refractivity contribution in [3.8, 4) is 0 Å². The molecule has 3 rings (SSSR count). The number of aryl methyl sites for hydroxylation is 3. The van der Waals surface area contributed by atoms with Crippen LogP contribution in [-0.4, -0.2) is 29.9 Å². The fourth-order valence-electron chi connectivity index (χ4n) is 3.26. The lowest BCUT2D eigenvalue weighted by atomic mass is 10.0. The van der Waals surface area contributed by atoms with Gasteiger partial charge in [-0.1, -0.05) is 55.8 Å². The number of carbonyl (C=O) groups excluding carboxylic acids is 1. The van der Waals surface area contributed by atoms with E-state index in [4.69, 9.17) is 0 Å². The van der Waals surface area contributed by atoms with Crippen LogP contribution in [0.1, 0.15) is 70.6 Å². The number of aromatic nitrogens is 1. The summed E-state index contributed by atoms with van der Waals surface area (Å²) in [6, 6.07) is 18.5. The fraction of sp³-hybridized carbons (Fsp3) is 0.310. The molecule has 0 radical (unpaired) electrons. The van der Waals surface area contributed by atoms with E-state index in [1.807, 2.05) is 37.4 Å². The molecule has 32 heavy (non-hydrogen) atoms. The molecule has 0 N–H and O–H groups in total. The second-order valence-corrected chi connectivity index (χ2v) is 8.85. The van der Waals surface area contributed by atoms with Crippen LogP contribution in [0.15, 0.2) is 60.8 Å². The van der Waals surface area contributed by atoms with Crippen LogP contribution in [0.5, 0.6) is 0 Å². The number of allylic oxidation sites excluding steroid dienone is 1. The molecule has 1 heterocycles. The molecule has 0 bridgehead atoms. The van der Waals surface area contributed by atoms with Crippen molar-refractivity contribution in [3.05, 3.63) is 99.9 Å². The molecule has 0 saturated heterocycles. The number of carbonyl (C=O) groups is 1. The Morgan fingerprint density at radius 1 is 0.906 bits per heavy atom. The maximum atomic E-state index is 11.9. The monoisotopic (exact) mass is 428 g/mol. The van der Waals surface area contributed by atoms with Crippen molar-refractivity contribution in [2.24, 2.45) is 0 Å². The van der Waals surface area contributed by atoms with E-state index in [9.17, 15) is 4.79 Å². The molecule has 1 amide bonds. The van der Waals surface area contributed by atoms with Crippen molar-refractivity contribution in [3.63, 3.8) is 0 Å². The lowest BCUT2D eigenvalue weighted by molar-refractivity contribution is 0.0827. The molecule has 0 aliphatic carbocycles. The lowest BCUT2D eigenvalue weighted by Gasteiger charge is -2.11. The molecule has 0 atom stereocenters. The first-order chi connectivity index (χ1) is 15.1. The van der Waals surface area contributed by atoms with Crippen LogP contribution in [0, 0.1) is 20.8 Å². The van der Waals surface area contributed by atoms with Crippen LogP contribution in [-0.2, 0) is 0 Å². The van der Waals surface area contributed by atoms with E-state index in [2.05, 4.69) is 76.0 Å². The van der Waals surface area contributed by atoms with Gasteiger partial charge in [0.15, 0.2) is 0 Å². The Morgan fingerprint density at radius 2 is 1.47 bits per heavy atom. The lowest BCUT2D eigenvalue weighted by Crippen LogP contribution is -2.21. The predicted molar refractivity (Wildman–Crippen MR) is 137 cm³/mol. The molecular weight excluding hydrogens is 392 g/mol. The summed E-state index contributed by atoms with van der Waals surface area (Å²) in [7, 11) is 3.52. The highest BCUT2D eigenvalue weighted by molar-refractivity contribution is 5.94. The third-order valence-corrected chi connectivity index (χ3v) is 5.40. The molecule has 0 aliphatic rings. The van der Waals surface area contributed by atoms with Crippen molar-refractivity contribution < 1.29 is 4.79 Å². The van der Waals surface area contributed by atoms with E-state index >= 15 is 0 Å². The van der Waals surface area contributed by atoms with Crippen LogP contribution in [0.25, 0.3) is 11.6 Å². The average Bonchev–Trinajstić information content (AvgIpc) is 2.76. The van der Waals surface area contributed by atoms with Gasteiger partial charge in [-0.05, 0) is 85.7 Å². The van der Waals surface area contributed by atoms with E-state index in [-0.39, 0.29) is 5.91 Å². The molecule has 3 aromatic rings. The second kappa shape index (κ2) is 11.4. The van der Waals surface area contributed by atoms with Crippen LogP contribution in [0.4, 0.5) is 0 Å². The molecule has 3 nitrogen and oxygen atoms in total. The van der Waals surface area contributed by atoms with Gasteiger partial charge >= 0.3 is 0 Å². The minimum Gasteiger partial charge on any atom is -0.345 e. The number of hydrogen-bond acceptors (Lipinski definition) is 2. The van der Waals surface area contributed by atoms with E-state index in [0.29, 0.717) is 11.5 Å². The Kier molecular flexibility index (Phi) is 8.95. The zero-order valence-electron chi connectivity index (χ0n) is 20.7. The normalized spacial score (nSPS) is 11.1. The van der Waals surface area contributed by atoms with Crippen molar-refractivity contribution in [1.82, 2.24) is 9.88 Å². The van der Waals surface area contributed by atoms with Crippen molar-refractivity contribution in [1.29, 1.82) is 0 Å². The van der Waals surface area contributed by atoms with E-state index < -0.39 is 0 Å². The summed E-state index contributed by atoms with van der Waals surface area (Å²) < 4.78 is 0. The maximum Gasteiger partial charge on any atom is 0.253 e. The summed E-state index contributed by atoms with van der Waals surface area (Å²) in [4.78, 5) is 17.8. The second-order valence-electron chi connectivity index (χ2n) is 8.85. The summed E-state index contributed by atoms with van der Waals surface area (Å²) in [6.45, 7) is 12.7. The largest absolute Gasteiger partial charge is 0.345 e. The van der Waals surface area contributed by atoms with Crippen LogP contribution in [0.2, 0.25) is 0 Å². The van der Waals surface area contributed by atoms with E-state index in [0.717, 1.165) is 22.4 Å². The molecule has 0 saturated carbocycles. The summed E-state index contributed by atoms with van der Waals surface area (Å²) in [5, 5.41) is 0. The summed E-state index contributed by atoms with van der Waals surface area (Å²) in [5.41, 5.74) is 9.08. The summed E-state index contributed by atoms with van der Waals surface area (Å²) >= 11 is 0. The highest BCUT2D eigenvalue weighted by Gasteiger charge is 2.07. The Labute approximate surface area is 193 Å². The number of pyridine rings is 1. The highest BCUT2D eigenvalue weighted by Crippen LogP contribution is 2.20. The first-order valence-corrected chi connectivity index (χ1v) is 11.1. The Morgan fingerprint density at radius 3 is 1.97 bits per heavy atom. The van der Waals surface area contributed by atoms with Crippen LogP contribution in [0.3, 0.4) is 0 Å². The molecule has 168 valence electrons. The molecule has 0 aliphatic heterocycles. The predicted octanol–water partition coefficient (Wildman–Crippen LogP) is 7.08. The Hall–Kier alpha value is -3.20. The number of benzene rings is 2. The molecule has 0 unspecified atom stereocenters. The molecule has 0 fully saturated rings. The van der Waals surface area contributed by atoms with Gasteiger partial charge in [0, 0.05) is 31.5 Å². The van der Waals surface area contributed by atoms with Gasteiger partial charge in [-0.3, -0.25) is 9.78 Å². The van der Waals surface area contributed by atoms with Gasteiger partial charge < -0.3 is 4.90 Å². The van der Waals surface area contributed by atoms with Gasteiger partial charge in [-0.2, -0.15) is 0 Å². The topological polar surface area (TPSA) is 33.2 Å². The van der Waals surface area contributed by atoms with Crippen LogP contribution >= 0.6 is 0 Å². The molecule has 3 heteroatoms. The summed E-state index contributed by atoms with van der Waals surface area (Å²) in [5.74, 6) is 0.673. The minimum atomic E-state index is 0.0201. The third-order valence-electron chi connectivity index (χ3n) is 5.40. The van der Waals surface area contributed by atoms with Gasteiger partial charge in [0.2, 0.25) is 0 Å². The van der Waals surface area contributed by atoms with Crippen molar-refractivity contribution in [2.45, 2.75) is 47.5 Å². The van der Waals surface area contributed by atoms with Gasteiger partial charge in [-0.15, -0.1) is 0 Å². The van der Waals surface area contributed by atoms with Gasteiger partial charge in [-0.25, -0.2) is 0 Å². The van der Waals surface area contributed by atoms with Crippen molar-refractivity contribution in [2.75, 3.05) is 14.1 Å². The zero-order valence-corrected chi connectivity index (χ0v) is 20.7. The molecule has 0 spiro atoms. The number of hydrogen-bond donors (Lipinski definition) is 0. The highest BCUT2D eigenvalue weighted by atomic mass is 16.2. The van der Waals surface area contributed by atoms with Crippen LogP contribution < -0.4 is 0 Å². The first kappa shape index (κ1) is 25.1. The molecular formula is C29H36N2O. The van der Waals surface area contributed by atoms with E-state index in [1.54, 1.807) is 19.0 Å². The average molecular weight is 429 g/mol. The van der Waals surface area contributed by atoms with Gasteiger partial charge in [0.05, 0.1) is 0 Å². The SMILES string of the molecule is C/C(=C\c1cnc(C)cc1C)c1ccc(C(=O)N(C)C)cc1.Cc1ccc(C(C)C)cc1. The minimum absolute atomic E-state index is 0.0201. The number of rotatable bonds is 4. The molecule has 2 aromatic carbocycles. The first-order valence-electron chi connectivity index (χ1n) is 11.1. The quantitative estimate of drug-likeness (QED) is 0.445. The van der Waals surface area contributed by atoms with Gasteiger partial charge in [0.25, 0.3) is 5.91 Å². The standard InChI is InChI=1S/C19H22N2O.C10H14/c1-13-10-15(3)20-12-18(13)11-14(2)16-6-8-17(9-7-16)19(22)21(4)5;1-8(2)10-6-4-9(3)5-7-10/h6-12H,1-5H3;4-8H,1-3H3/b14-11+;. The number of nitrogens with zero attached hydrogens (tertiary/aromatic N) is 2. The molecule has 1 aromatic heterocycles. The number of amides is 1. The zero-order chi connectivity index (χ0) is 23.8. The maximum absolute atomic E-state index is 11.9. The Balaban J connectivity index is 0.000000303. The smallest absolute Gasteiger partial charge is 0.253 e. The summed E-state index contributed by atoms with van der Waals surface area (Å²) in [6.07, 6.45) is 4.03.